The van der Waals surface area contributed by atoms with E-state index in [4.69, 9.17) is 9.15 Å². The fourth-order valence-corrected chi connectivity index (χ4v) is 2.65. The molecule has 0 aliphatic rings. The van der Waals surface area contributed by atoms with Crippen LogP contribution in [0.5, 0.6) is 0 Å². The smallest absolute Gasteiger partial charge is 0.339 e. The standard InChI is InChI=1S/C17H15NO3S/c1-3-20-17(19)12-8-14-15(10-21-16(14)18-9-12)11-4-6-13(22-2)7-5-11/h4-10H,3H2,1-2H3. The molecule has 2 heterocycles. The fourth-order valence-electron chi connectivity index (χ4n) is 2.24. The molecule has 3 aromatic rings. The van der Waals surface area contributed by atoms with Gasteiger partial charge in [0.05, 0.1) is 12.2 Å². The molecule has 0 radical (unpaired) electrons. The van der Waals surface area contributed by atoms with Crippen LogP contribution in [0.25, 0.3) is 22.2 Å². The summed E-state index contributed by atoms with van der Waals surface area (Å²) in [7, 11) is 0. The molecule has 0 unspecified atom stereocenters. The van der Waals surface area contributed by atoms with E-state index < -0.39 is 0 Å². The number of carbonyl (C=O) groups excluding carboxylic acids is 1. The molecule has 3 rings (SSSR count). The van der Waals surface area contributed by atoms with E-state index in [2.05, 4.69) is 17.1 Å². The Hall–Kier alpha value is -2.27. The van der Waals surface area contributed by atoms with E-state index in [1.54, 1.807) is 31.0 Å². The summed E-state index contributed by atoms with van der Waals surface area (Å²) in [5.41, 5.74) is 2.88. The maximum Gasteiger partial charge on any atom is 0.339 e. The molecule has 0 atom stereocenters. The van der Waals surface area contributed by atoms with Crippen molar-refractivity contribution in [2.45, 2.75) is 11.8 Å². The van der Waals surface area contributed by atoms with Crippen molar-refractivity contribution in [3.8, 4) is 11.1 Å². The van der Waals surface area contributed by atoms with Gasteiger partial charge in [0, 0.05) is 22.0 Å². The van der Waals surface area contributed by atoms with Gasteiger partial charge in [0.1, 0.15) is 6.26 Å². The molecule has 0 aliphatic carbocycles. The number of ether oxygens (including phenoxy) is 1. The second kappa shape index (κ2) is 6.23. The third-order valence-corrected chi connectivity index (χ3v) is 4.09. The fraction of sp³-hybridized carbons (Fsp3) is 0.176. The number of pyridine rings is 1. The Morgan fingerprint density at radius 1 is 1.32 bits per heavy atom. The maximum absolute atomic E-state index is 11.8. The van der Waals surface area contributed by atoms with Gasteiger partial charge < -0.3 is 9.15 Å². The SMILES string of the molecule is CCOC(=O)c1cnc2occ(-c3ccc(SC)cc3)c2c1. The van der Waals surface area contributed by atoms with Crippen LogP contribution in [-0.4, -0.2) is 23.8 Å². The Labute approximate surface area is 132 Å². The van der Waals surface area contributed by atoms with Gasteiger partial charge in [-0.2, -0.15) is 0 Å². The van der Waals surface area contributed by atoms with E-state index in [0.717, 1.165) is 16.5 Å². The highest BCUT2D eigenvalue weighted by Crippen LogP contribution is 2.31. The molecule has 112 valence electrons. The molecule has 0 bridgehead atoms. The highest BCUT2D eigenvalue weighted by Gasteiger charge is 2.14. The third kappa shape index (κ3) is 2.72. The van der Waals surface area contributed by atoms with Gasteiger partial charge in [-0.3, -0.25) is 0 Å². The highest BCUT2D eigenvalue weighted by molar-refractivity contribution is 7.98. The zero-order valence-electron chi connectivity index (χ0n) is 12.3. The summed E-state index contributed by atoms with van der Waals surface area (Å²) in [4.78, 5) is 17.2. The summed E-state index contributed by atoms with van der Waals surface area (Å²) < 4.78 is 10.5. The van der Waals surface area contributed by atoms with Gasteiger partial charge in [-0.15, -0.1) is 11.8 Å². The number of nitrogens with zero attached hydrogens (tertiary/aromatic N) is 1. The molecular formula is C17H15NO3S. The van der Waals surface area contributed by atoms with Crippen LogP contribution in [0.15, 0.2) is 52.1 Å². The first-order chi connectivity index (χ1) is 10.7. The maximum atomic E-state index is 11.8. The molecule has 0 saturated carbocycles. The number of benzene rings is 1. The lowest BCUT2D eigenvalue weighted by atomic mass is 10.1. The number of esters is 1. The Bertz CT molecular complexity index is 808. The normalized spacial score (nSPS) is 10.8. The van der Waals surface area contributed by atoms with E-state index in [0.29, 0.717) is 17.9 Å². The molecule has 0 N–H and O–H groups in total. The third-order valence-electron chi connectivity index (χ3n) is 3.34. The van der Waals surface area contributed by atoms with Crippen LogP contribution in [0.4, 0.5) is 0 Å². The van der Waals surface area contributed by atoms with Gasteiger partial charge in [0.15, 0.2) is 0 Å². The number of hydrogen-bond acceptors (Lipinski definition) is 5. The summed E-state index contributed by atoms with van der Waals surface area (Å²) in [6.45, 7) is 2.12. The molecule has 22 heavy (non-hydrogen) atoms. The van der Waals surface area contributed by atoms with E-state index in [1.165, 1.54) is 11.1 Å². The van der Waals surface area contributed by atoms with Crippen molar-refractivity contribution < 1.29 is 13.9 Å². The molecule has 0 spiro atoms. The lowest BCUT2D eigenvalue weighted by molar-refractivity contribution is 0.0526. The number of rotatable bonds is 4. The van der Waals surface area contributed by atoms with E-state index in [-0.39, 0.29) is 5.97 Å². The zero-order valence-corrected chi connectivity index (χ0v) is 13.1. The average Bonchev–Trinajstić information content (AvgIpc) is 2.98. The van der Waals surface area contributed by atoms with Crippen LogP contribution in [0.1, 0.15) is 17.3 Å². The minimum atomic E-state index is -0.373. The van der Waals surface area contributed by atoms with Crippen molar-refractivity contribution in [3.05, 3.63) is 48.4 Å². The van der Waals surface area contributed by atoms with Crippen LogP contribution in [0.3, 0.4) is 0 Å². The minimum Gasteiger partial charge on any atom is -0.462 e. The van der Waals surface area contributed by atoms with Crippen molar-refractivity contribution >= 4 is 28.8 Å². The Morgan fingerprint density at radius 2 is 2.09 bits per heavy atom. The highest BCUT2D eigenvalue weighted by atomic mass is 32.2. The van der Waals surface area contributed by atoms with Gasteiger partial charge in [0.2, 0.25) is 5.71 Å². The molecule has 4 nitrogen and oxygen atoms in total. The Morgan fingerprint density at radius 3 is 2.77 bits per heavy atom. The molecule has 2 aromatic heterocycles. The second-order valence-corrected chi connectivity index (χ2v) is 5.55. The monoisotopic (exact) mass is 313 g/mol. The summed E-state index contributed by atoms with van der Waals surface area (Å²) >= 11 is 1.69. The van der Waals surface area contributed by atoms with Crippen molar-refractivity contribution in [1.82, 2.24) is 4.98 Å². The molecule has 1 aromatic carbocycles. The number of hydrogen-bond donors (Lipinski definition) is 0. The number of carbonyl (C=O) groups is 1. The molecule has 0 aliphatic heterocycles. The van der Waals surface area contributed by atoms with E-state index in [9.17, 15) is 4.79 Å². The van der Waals surface area contributed by atoms with E-state index in [1.807, 2.05) is 18.4 Å². The number of furan rings is 1. The van der Waals surface area contributed by atoms with Gasteiger partial charge in [-0.05, 0) is 36.9 Å². The first-order valence-electron chi connectivity index (χ1n) is 6.91. The number of fused-ring (bicyclic) bond motifs is 1. The van der Waals surface area contributed by atoms with Crippen LogP contribution < -0.4 is 0 Å². The molecule has 0 fully saturated rings. The first-order valence-corrected chi connectivity index (χ1v) is 8.14. The minimum absolute atomic E-state index is 0.339. The Balaban J connectivity index is 2.05. The van der Waals surface area contributed by atoms with Crippen molar-refractivity contribution in [2.75, 3.05) is 12.9 Å². The van der Waals surface area contributed by atoms with Crippen molar-refractivity contribution in [1.29, 1.82) is 0 Å². The van der Waals surface area contributed by atoms with Crippen molar-refractivity contribution in [3.63, 3.8) is 0 Å². The van der Waals surface area contributed by atoms with Gasteiger partial charge in [-0.1, -0.05) is 12.1 Å². The Kier molecular flexibility index (Phi) is 4.15. The lowest BCUT2D eigenvalue weighted by Gasteiger charge is -2.03. The number of thioether (sulfide) groups is 1. The summed E-state index contributed by atoms with van der Waals surface area (Å²) in [6, 6.07) is 9.95. The molecule has 5 heteroatoms. The van der Waals surface area contributed by atoms with Crippen LogP contribution in [0, 0.1) is 0 Å². The predicted molar refractivity (Wildman–Crippen MR) is 87.2 cm³/mol. The van der Waals surface area contributed by atoms with Gasteiger partial charge in [-0.25, -0.2) is 9.78 Å². The first kappa shape index (κ1) is 14.7. The topological polar surface area (TPSA) is 52.3 Å². The quantitative estimate of drug-likeness (QED) is 0.528. The molecule has 0 saturated heterocycles. The lowest BCUT2D eigenvalue weighted by Crippen LogP contribution is -2.04. The van der Waals surface area contributed by atoms with Gasteiger partial charge in [0.25, 0.3) is 0 Å². The van der Waals surface area contributed by atoms with Crippen LogP contribution in [0.2, 0.25) is 0 Å². The summed E-state index contributed by atoms with van der Waals surface area (Å²) in [6.07, 6.45) is 5.18. The van der Waals surface area contributed by atoms with Crippen LogP contribution >= 0.6 is 11.8 Å². The van der Waals surface area contributed by atoms with Crippen LogP contribution in [-0.2, 0) is 4.74 Å². The summed E-state index contributed by atoms with van der Waals surface area (Å²) in [5.74, 6) is -0.373. The predicted octanol–water partition coefficient (Wildman–Crippen LogP) is 4.39. The van der Waals surface area contributed by atoms with E-state index >= 15 is 0 Å². The zero-order chi connectivity index (χ0) is 15.5. The summed E-state index contributed by atoms with van der Waals surface area (Å²) in [5, 5.41) is 0.808. The molecular weight excluding hydrogens is 298 g/mol. The largest absolute Gasteiger partial charge is 0.462 e. The van der Waals surface area contributed by atoms with Crippen molar-refractivity contribution in [2.24, 2.45) is 0 Å². The number of aromatic nitrogens is 1. The van der Waals surface area contributed by atoms with Gasteiger partial charge >= 0.3 is 5.97 Å². The molecule has 0 amide bonds. The second-order valence-electron chi connectivity index (χ2n) is 4.68. The average molecular weight is 313 g/mol.